The molecule has 0 fully saturated rings. The highest BCUT2D eigenvalue weighted by atomic mass is 16.5. The average Bonchev–Trinajstić information content (AvgIpc) is 2.43. The van der Waals surface area contributed by atoms with E-state index in [1.807, 2.05) is 0 Å². The summed E-state index contributed by atoms with van der Waals surface area (Å²) in [6.07, 6.45) is 0. The van der Waals surface area contributed by atoms with Crippen molar-refractivity contribution in [2.24, 2.45) is 10.9 Å². The molecule has 0 saturated carbocycles. The minimum Gasteiger partial charge on any atom is -0.497 e. The lowest BCUT2D eigenvalue weighted by atomic mass is 10.1. The van der Waals surface area contributed by atoms with Gasteiger partial charge in [0, 0.05) is 6.07 Å². The molecule has 0 heterocycles. The molecule has 0 aliphatic carbocycles. The van der Waals surface area contributed by atoms with Crippen LogP contribution in [0.25, 0.3) is 0 Å². The number of oxime groups is 1. The highest BCUT2D eigenvalue weighted by Gasteiger charge is 2.13. The van der Waals surface area contributed by atoms with Gasteiger partial charge in [0.2, 0.25) is 0 Å². The van der Waals surface area contributed by atoms with Gasteiger partial charge in [-0.3, -0.25) is 4.79 Å². The van der Waals surface area contributed by atoms with E-state index in [9.17, 15) is 4.79 Å². The number of carbonyl (C=O) groups excluding carboxylic acids is 1. The van der Waals surface area contributed by atoms with Crippen molar-refractivity contribution < 1.29 is 19.5 Å². The van der Waals surface area contributed by atoms with Gasteiger partial charge in [-0.05, 0) is 12.1 Å². The third kappa shape index (κ3) is 3.27. The largest absolute Gasteiger partial charge is 0.497 e. The first-order valence-corrected chi connectivity index (χ1v) is 5.09. The van der Waals surface area contributed by atoms with E-state index in [0.717, 1.165) is 0 Å². The number of nitrogens with one attached hydrogen (secondary N) is 1. The van der Waals surface area contributed by atoms with Gasteiger partial charge < -0.3 is 25.7 Å². The third-order valence-electron chi connectivity index (χ3n) is 2.21. The maximum atomic E-state index is 11.8. The first-order valence-electron chi connectivity index (χ1n) is 5.09. The van der Waals surface area contributed by atoms with Crippen LogP contribution < -0.4 is 20.5 Å². The van der Waals surface area contributed by atoms with E-state index in [1.54, 1.807) is 18.2 Å². The van der Waals surface area contributed by atoms with Crippen LogP contribution in [0.4, 0.5) is 0 Å². The van der Waals surface area contributed by atoms with E-state index in [-0.39, 0.29) is 18.3 Å². The van der Waals surface area contributed by atoms with Crippen LogP contribution in [0.15, 0.2) is 23.4 Å². The van der Waals surface area contributed by atoms with E-state index in [0.29, 0.717) is 17.1 Å². The molecule has 0 spiro atoms. The Balaban J connectivity index is 2.85. The topological polar surface area (TPSA) is 106 Å². The second-order valence-electron chi connectivity index (χ2n) is 3.34. The molecular formula is C11H15N3O4. The zero-order valence-electron chi connectivity index (χ0n) is 10.1. The van der Waals surface area contributed by atoms with Crippen molar-refractivity contribution in [3.05, 3.63) is 23.8 Å². The normalized spacial score (nSPS) is 10.9. The maximum Gasteiger partial charge on any atom is 0.255 e. The number of ether oxygens (including phenoxy) is 2. The predicted octanol–water partition coefficient (Wildman–Crippen LogP) is 0.180. The molecule has 0 aliphatic rings. The molecule has 0 radical (unpaired) electrons. The van der Waals surface area contributed by atoms with Crippen molar-refractivity contribution in [1.82, 2.24) is 5.32 Å². The zero-order chi connectivity index (χ0) is 13.5. The average molecular weight is 253 g/mol. The summed E-state index contributed by atoms with van der Waals surface area (Å²) in [4.78, 5) is 11.8. The summed E-state index contributed by atoms with van der Waals surface area (Å²) in [5.41, 5.74) is 5.59. The van der Waals surface area contributed by atoms with Crippen molar-refractivity contribution in [3.8, 4) is 11.5 Å². The molecule has 0 unspecified atom stereocenters. The molecule has 0 saturated heterocycles. The highest BCUT2D eigenvalue weighted by molar-refractivity contribution is 5.99. The lowest BCUT2D eigenvalue weighted by Crippen LogP contribution is -2.33. The van der Waals surface area contributed by atoms with Gasteiger partial charge in [-0.25, -0.2) is 0 Å². The zero-order valence-corrected chi connectivity index (χ0v) is 10.1. The van der Waals surface area contributed by atoms with Crippen LogP contribution in [0, 0.1) is 0 Å². The van der Waals surface area contributed by atoms with Gasteiger partial charge >= 0.3 is 0 Å². The van der Waals surface area contributed by atoms with Crippen LogP contribution in [0.3, 0.4) is 0 Å². The first kappa shape index (κ1) is 13.6. The van der Waals surface area contributed by atoms with Gasteiger partial charge in [-0.1, -0.05) is 5.16 Å². The van der Waals surface area contributed by atoms with Gasteiger partial charge in [0.1, 0.15) is 11.5 Å². The number of amides is 1. The van der Waals surface area contributed by atoms with Crippen molar-refractivity contribution in [1.29, 1.82) is 0 Å². The second-order valence-corrected chi connectivity index (χ2v) is 3.34. The van der Waals surface area contributed by atoms with Gasteiger partial charge in [-0.2, -0.15) is 0 Å². The molecule has 18 heavy (non-hydrogen) atoms. The summed E-state index contributed by atoms with van der Waals surface area (Å²) < 4.78 is 10.1. The molecule has 0 atom stereocenters. The molecule has 1 aromatic rings. The Hall–Kier alpha value is -2.44. The van der Waals surface area contributed by atoms with E-state index >= 15 is 0 Å². The Morgan fingerprint density at radius 2 is 2.17 bits per heavy atom. The monoisotopic (exact) mass is 253 g/mol. The number of nitrogens with two attached hydrogens (primary N) is 1. The predicted molar refractivity (Wildman–Crippen MR) is 65.3 cm³/mol. The minimum atomic E-state index is -0.388. The highest BCUT2D eigenvalue weighted by Crippen LogP contribution is 2.24. The molecule has 4 N–H and O–H groups in total. The number of hydrogen-bond acceptors (Lipinski definition) is 5. The smallest absolute Gasteiger partial charge is 0.255 e. The fourth-order valence-corrected chi connectivity index (χ4v) is 1.29. The van der Waals surface area contributed by atoms with Crippen molar-refractivity contribution in [2.75, 3.05) is 20.8 Å². The molecule has 98 valence electrons. The van der Waals surface area contributed by atoms with Gasteiger partial charge in [0.15, 0.2) is 5.84 Å². The number of hydrogen-bond donors (Lipinski definition) is 3. The third-order valence-corrected chi connectivity index (χ3v) is 2.21. The molecular weight excluding hydrogens is 238 g/mol. The Kier molecular flexibility index (Phi) is 4.79. The van der Waals surface area contributed by atoms with Crippen LogP contribution in [0.5, 0.6) is 11.5 Å². The summed E-state index contributed by atoms with van der Waals surface area (Å²) in [6.45, 7) is -0.0511. The van der Waals surface area contributed by atoms with Crippen LogP contribution in [-0.2, 0) is 0 Å². The van der Waals surface area contributed by atoms with E-state index in [2.05, 4.69) is 10.5 Å². The molecule has 0 aromatic heterocycles. The first-order chi connectivity index (χ1) is 8.62. The number of amidine groups is 1. The maximum absolute atomic E-state index is 11.8. The summed E-state index contributed by atoms with van der Waals surface area (Å²) >= 11 is 0. The number of nitrogens with zero attached hydrogens (tertiary/aromatic N) is 1. The number of benzene rings is 1. The van der Waals surface area contributed by atoms with Gasteiger partial charge in [-0.15, -0.1) is 0 Å². The SMILES string of the molecule is COc1ccc(C(=O)NC/C(N)=N/O)c(OC)c1. The summed E-state index contributed by atoms with van der Waals surface area (Å²) in [5.74, 6) is 0.489. The number of rotatable bonds is 5. The number of methoxy groups -OCH3 is 2. The summed E-state index contributed by atoms with van der Waals surface area (Å²) in [6, 6.07) is 4.80. The van der Waals surface area contributed by atoms with Crippen LogP contribution >= 0.6 is 0 Å². The van der Waals surface area contributed by atoms with Crippen LogP contribution in [0.2, 0.25) is 0 Å². The second kappa shape index (κ2) is 6.33. The fraction of sp³-hybridized carbons (Fsp3) is 0.273. The lowest BCUT2D eigenvalue weighted by Gasteiger charge is -2.10. The lowest BCUT2D eigenvalue weighted by molar-refractivity contribution is 0.0956. The molecule has 7 heteroatoms. The Bertz CT molecular complexity index is 460. The molecule has 1 amide bonds. The van der Waals surface area contributed by atoms with Gasteiger partial charge in [0.05, 0.1) is 26.3 Å². The molecule has 7 nitrogen and oxygen atoms in total. The fourth-order valence-electron chi connectivity index (χ4n) is 1.29. The van der Waals surface area contributed by atoms with Crippen molar-refractivity contribution >= 4 is 11.7 Å². The van der Waals surface area contributed by atoms with Crippen molar-refractivity contribution in [3.63, 3.8) is 0 Å². The molecule has 0 aliphatic heterocycles. The van der Waals surface area contributed by atoms with Gasteiger partial charge in [0.25, 0.3) is 5.91 Å². The summed E-state index contributed by atoms with van der Waals surface area (Å²) in [7, 11) is 2.97. The quantitative estimate of drug-likeness (QED) is 0.300. The van der Waals surface area contributed by atoms with Crippen molar-refractivity contribution in [2.45, 2.75) is 0 Å². The van der Waals surface area contributed by atoms with Crippen LogP contribution in [0.1, 0.15) is 10.4 Å². The molecule has 1 rings (SSSR count). The standard InChI is InChI=1S/C11H15N3O4/c1-17-7-3-4-8(9(5-7)18-2)11(15)13-6-10(12)14-16/h3-5,16H,6H2,1-2H3,(H2,12,14)(H,13,15). The number of carbonyl (C=O) groups is 1. The van der Waals surface area contributed by atoms with E-state index in [4.69, 9.17) is 20.4 Å². The summed E-state index contributed by atoms with van der Waals surface area (Å²) in [5, 5.41) is 13.6. The molecule has 0 bridgehead atoms. The van der Waals surface area contributed by atoms with E-state index < -0.39 is 0 Å². The molecule has 1 aromatic carbocycles. The Labute approximate surface area is 104 Å². The Morgan fingerprint density at radius 1 is 1.44 bits per heavy atom. The van der Waals surface area contributed by atoms with Crippen LogP contribution in [-0.4, -0.2) is 37.7 Å². The Morgan fingerprint density at radius 3 is 2.72 bits per heavy atom. The van der Waals surface area contributed by atoms with E-state index in [1.165, 1.54) is 14.2 Å². The minimum absolute atomic E-state index is 0.0511.